The summed E-state index contributed by atoms with van der Waals surface area (Å²) in [5.41, 5.74) is 3.49. The number of rotatable bonds is 7. The van der Waals surface area contributed by atoms with Crippen LogP contribution in [0.1, 0.15) is 54.9 Å². The summed E-state index contributed by atoms with van der Waals surface area (Å²) in [6, 6.07) is 15.9. The smallest absolute Gasteiger partial charge is 0.269 e. The molecular formula is C23H23N5O3. The van der Waals surface area contributed by atoms with E-state index in [1.165, 1.54) is 12.1 Å². The van der Waals surface area contributed by atoms with Crippen molar-refractivity contribution in [3.63, 3.8) is 0 Å². The maximum absolute atomic E-state index is 11.1. The first-order valence-corrected chi connectivity index (χ1v) is 10.2. The molecular weight excluding hydrogens is 394 g/mol. The first-order valence-electron chi connectivity index (χ1n) is 10.2. The third-order valence-electron chi connectivity index (χ3n) is 5.42. The van der Waals surface area contributed by atoms with Crippen LogP contribution in [0.3, 0.4) is 0 Å². The van der Waals surface area contributed by atoms with Crippen molar-refractivity contribution >= 4 is 16.9 Å². The number of benzene rings is 2. The summed E-state index contributed by atoms with van der Waals surface area (Å²) >= 11 is 0. The predicted octanol–water partition coefficient (Wildman–Crippen LogP) is 4.38. The van der Waals surface area contributed by atoms with Crippen molar-refractivity contribution in [2.45, 2.75) is 38.8 Å². The molecule has 2 unspecified atom stereocenters. The Bertz CT molecular complexity index is 1220. The first-order chi connectivity index (χ1) is 15.0. The monoisotopic (exact) mass is 417 g/mol. The van der Waals surface area contributed by atoms with Crippen molar-refractivity contribution in [2.75, 3.05) is 0 Å². The number of hydrogen-bond donors (Lipinski definition) is 1. The molecule has 1 N–H and O–H groups in total. The van der Waals surface area contributed by atoms with Crippen LogP contribution >= 0.6 is 0 Å². The average Bonchev–Trinajstić information content (AvgIpc) is 3.20. The highest BCUT2D eigenvalue weighted by Crippen LogP contribution is 2.29. The second-order valence-corrected chi connectivity index (χ2v) is 7.56. The Morgan fingerprint density at radius 3 is 2.61 bits per heavy atom. The lowest BCUT2D eigenvalue weighted by Gasteiger charge is -2.15. The quantitative estimate of drug-likeness (QED) is 0.353. The summed E-state index contributed by atoms with van der Waals surface area (Å²) in [4.78, 5) is 24.5. The number of aromatic nitrogens is 4. The minimum atomic E-state index is -1.19. The molecule has 8 nitrogen and oxygen atoms in total. The molecule has 0 aliphatic rings. The van der Waals surface area contributed by atoms with Gasteiger partial charge >= 0.3 is 0 Å². The third-order valence-corrected chi connectivity index (χ3v) is 5.42. The highest BCUT2D eigenvalue weighted by molar-refractivity contribution is 5.74. The molecule has 0 saturated carbocycles. The Hall–Kier alpha value is -3.65. The van der Waals surface area contributed by atoms with Crippen LogP contribution in [0.4, 0.5) is 5.69 Å². The number of fused-ring (bicyclic) bond motifs is 1. The molecule has 4 aromatic rings. The van der Waals surface area contributed by atoms with Crippen molar-refractivity contribution in [1.29, 1.82) is 0 Å². The molecule has 2 heterocycles. The number of aliphatic hydroxyl groups excluding tert-OH is 1. The molecule has 2 aromatic carbocycles. The van der Waals surface area contributed by atoms with E-state index in [4.69, 9.17) is 0 Å². The molecule has 31 heavy (non-hydrogen) atoms. The SMILES string of the molecule is CCC(C)c1nc(C(O)c2cccc([N+](=O)[O-])c2)nc2c1ncn2Cc1ccccc1. The Morgan fingerprint density at radius 1 is 1.13 bits per heavy atom. The van der Waals surface area contributed by atoms with Gasteiger partial charge < -0.3 is 9.67 Å². The maximum atomic E-state index is 11.1. The van der Waals surface area contributed by atoms with Crippen LogP contribution in [0.2, 0.25) is 0 Å². The number of nitro benzene ring substituents is 1. The molecule has 0 aliphatic heterocycles. The van der Waals surface area contributed by atoms with E-state index in [9.17, 15) is 15.2 Å². The maximum Gasteiger partial charge on any atom is 0.269 e. The summed E-state index contributed by atoms with van der Waals surface area (Å²) < 4.78 is 1.93. The Morgan fingerprint density at radius 2 is 1.90 bits per heavy atom. The van der Waals surface area contributed by atoms with E-state index in [1.807, 2.05) is 34.9 Å². The molecule has 2 atom stereocenters. The van der Waals surface area contributed by atoms with Gasteiger partial charge in [-0.2, -0.15) is 0 Å². The van der Waals surface area contributed by atoms with Gasteiger partial charge in [0.1, 0.15) is 11.6 Å². The lowest BCUT2D eigenvalue weighted by molar-refractivity contribution is -0.385. The Labute approximate surface area is 179 Å². The van der Waals surface area contributed by atoms with E-state index in [0.717, 1.165) is 17.7 Å². The lowest BCUT2D eigenvalue weighted by atomic mass is 10.0. The van der Waals surface area contributed by atoms with Crippen LogP contribution in [0.15, 0.2) is 60.9 Å². The van der Waals surface area contributed by atoms with E-state index in [2.05, 4.69) is 28.8 Å². The van der Waals surface area contributed by atoms with Gasteiger partial charge in [0.15, 0.2) is 11.5 Å². The van der Waals surface area contributed by atoms with E-state index >= 15 is 0 Å². The van der Waals surface area contributed by atoms with Crippen LogP contribution in [-0.4, -0.2) is 29.5 Å². The predicted molar refractivity (Wildman–Crippen MR) is 117 cm³/mol. The fourth-order valence-corrected chi connectivity index (χ4v) is 3.50. The van der Waals surface area contributed by atoms with Gasteiger partial charge in [0.25, 0.3) is 5.69 Å². The molecule has 0 amide bonds. The molecule has 158 valence electrons. The second-order valence-electron chi connectivity index (χ2n) is 7.56. The van der Waals surface area contributed by atoms with Crippen molar-refractivity contribution in [1.82, 2.24) is 19.5 Å². The zero-order chi connectivity index (χ0) is 22.0. The van der Waals surface area contributed by atoms with Crippen LogP contribution < -0.4 is 0 Å². The molecule has 0 aliphatic carbocycles. The first kappa shape index (κ1) is 20.6. The third kappa shape index (κ3) is 4.15. The molecule has 8 heteroatoms. The molecule has 0 bridgehead atoms. The van der Waals surface area contributed by atoms with Crippen molar-refractivity contribution in [2.24, 2.45) is 0 Å². The summed E-state index contributed by atoms with van der Waals surface area (Å²) in [5.74, 6) is 0.319. The second kappa shape index (κ2) is 8.61. The number of nitrogens with zero attached hydrogens (tertiary/aromatic N) is 5. The van der Waals surface area contributed by atoms with E-state index in [1.54, 1.807) is 18.5 Å². The topological polar surface area (TPSA) is 107 Å². The van der Waals surface area contributed by atoms with Gasteiger partial charge in [0.2, 0.25) is 0 Å². The van der Waals surface area contributed by atoms with Gasteiger partial charge in [-0.25, -0.2) is 15.0 Å². The number of non-ortho nitro benzene ring substituents is 1. The Balaban J connectivity index is 1.82. The fraction of sp³-hybridized carbons (Fsp3) is 0.261. The lowest BCUT2D eigenvalue weighted by Crippen LogP contribution is -2.11. The van der Waals surface area contributed by atoms with Crippen LogP contribution in [0.25, 0.3) is 11.2 Å². The van der Waals surface area contributed by atoms with Gasteiger partial charge in [-0.3, -0.25) is 10.1 Å². The minimum Gasteiger partial charge on any atom is -0.380 e. The highest BCUT2D eigenvalue weighted by atomic mass is 16.6. The van der Waals surface area contributed by atoms with Gasteiger partial charge in [-0.1, -0.05) is 56.3 Å². The van der Waals surface area contributed by atoms with E-state index in [-0.39, 0.29) is 17.4 Å². The molecule has 0 radical (unpaired) electrons. The summed E-state index contributed by atoms with van der Waals surface area (Å²) in [7, 11) is 0. The average molecular weight is 417 g/mol. The fourth-order valence-electron chi connectivity index (χ4n) is 3.50. The number of imidazole rings is 1. The minimum absolute atomic E-state index is 0.0890. The number of aliphatic hydroxyl groups is 1. The van der Waals surface area contributed by atoms with Crippen LogP contribution in [0.5, 0.6) is 0 Å². The van der Waals surface area contributed by atoms with Crippen LogP contribution in [0, 0.1) is 10.1 Å². The van der Waals surface area contributed by atoms with Gasteiger partial charge in [0, 0.05) is 18.1 Å². The number of hydrogen-bond acceptors (Lipinski definition) is 6. The summed E-state index contributed by atoms with van der Waals surface area (Å²) in [6.45, 7) is 4.71. The van der Waals surface area contributed by atoms with E-state index < -0.39 is 11.0 Å². The molecule has 0 fully saturated rings. The largest absolute Gasteiger partial charge is 0.380 e. The van der Waals surface area contributed by atoms with Gasteiger partial charge in [0.05, 0.1) is 23.5 Å². The van der Waals surface area contributed by atoms with Crippen molar-refractivity contribution < 1.29 is 10.0 Å². The standard InChI is InChI=1S/C23H23N5O3/c1-3-15(2)19-20-23(27(14-24-20)13-16-8-5-4-6-9-16)26-22(25-19)21(29)17-10-7-11-18(12-17)28(30)31/h4-12,14-15,21,29H,3,13H2,1-2H3. The van der Waals surface area contributed by atoms with Gasteiger partial charge in [-0.05, 0) is 17.5 Å². The Kier molecular flexibility index (Phi) is 5.73. The van der Waals surface area contributed by atoms with Crippen molar-refractivity contribution in [3.8, 4) is 0 Å². The summed E-state index contributed by atoms with van der Waals surface area (Å²) in [6.07, 6.45) is 1.40. The highest BCUT2D eigenvalue weighted by Gasteiger charge is 2.23. The molecule has 4 rings (SSSR count). The summed E-state index contributed by atoms with van der Waals surface area (Å²) in [5, 5.41) is 22.1. The normalized spacial score (nSPS) is 13.3. The van der Waals surface area contributed by atoms with Gasteiger partial charge in [-0.15, -0.1) is 0 Å². The van der Waals surface area contributed by atoms with Crippen molar-refractivity contribution in [3.05, 3.63) is 93.7 Å². The molecule has 0 spiro atoms. The van der Waals surface area contributed by atoms with E-state index in [0.29, 0.717) is 23.3 Å². The molecule has 2 aromatic heterocycles. The zero-order valence-corrected chi connectivity index (χ0v) is 17.3. The molecule has 0 saturated heterocycles. The zero-order valence-electron chi connectivity index (χ0n) is 17.3. The van der Waals surface area contributed by atoms with Crippen LogP contribution in [-0.2, 0) is 6.54 Å². The number of nitro groups is 1.